The molecule has 1 aliphatic rings. The van der Waals surface area contributed by atoms with Crippen LogP contribution in [0.1, 0.15) is 12.0 Å². The average molecular weight is 235 g/mol. The van der Waals surface area contributed by atoms with Crippen LogP contribution < -0.4 is 4.74 Å². The smallest absolute Gasteiger partial charge is 0.323 e. The second-order valence-corrected chi connectivity index (χ2v) is 4.15. The molecule has 1 atom stereocenters. The number of likely N-dealkylation sites (tertiary alicyclic amines) is 1. The van der Waals surface area contributed by atoms with Crippen molar-refractivity contribution in [1.29, 1.82) is 0 Å². The Labute approximate surface area is 101 Å². The Hall–Kier alpha value is -1.55. The molecule has 1 aromatic carbocycles. The van der Waals surface area contributed by atoms with Crippen LogP contribution in [-0.4, -0.2) is 37.7 Å². The SMILES string of the molecule is COC(=O)[C@H]1CCN1Cc1ccc(OC)cc1. The van der Waals surface area contributed by atoms with Crippen molar-refractivity contribution < 1.29 is 14.3 Å². The molecule has 0 spiro atoms. The molecule has 0 radical (unpaired) electrons. The van der Waals surface area contributed by atoms with Gasteiger partial charge in [0.2, 0.25) is 0 Å². The highest BCUT2D eigenvalue weighted by Crippen LogP contribution is 2.22. The third-order valence-electron chi connectivity index (χ3n) is 3.15. The molecule has 92 valence electrons. The van der Waals surface area contributed by atoms with Crippen LogP contribution >= 0.6 is 0 Å². The van der Waals surface area contributed by atoms with Crippen molar-refractivity contribution in [1.82, 2.24) is 4.90 Å². The number of carbonyl (C=O) groups is 1. The van der Waals surface area contributed by atoms with Crippen molar-refractivity contribution in [2.75, 3.05) is 20.8 Å². The van der Waals surface area contributed by atoms with Crippen molar-refractivity contribution >= 4 is 5.97 Å². The first-order valence-electron chi connectivity index (χ1n) is 5.69. The summed E-state index contributed by atoms with van der Waals surface area (Å²) < 4.78 is 9.86. The molecule has 2 rings (SSSR count). The van der Waals surface area contributed by atoms with E-state index in [0.717, 1.165) is 25.3 Å². The fourth-order valence-corrected chi connectivity index (χ4v) is 2.00. The van der Waals surface area contributed by atoms with Crippen LogP contribution in [0.3, 0.4) is 0 Å². The molecule has 0 bridgehead atoms. The van der Waals surface area contributed by atoms with Gasteiger partial charge in [-0.3, -0.25) is 9.69 Å². The number of esters is 1. The van der Waals surface area contributed by atoms with E-state index in [-0.39, 0.29) is 12.0 Å². The summed E-state index contributed by atoms with van der Waals surface area (Å²) in [7, 11) is 3.09. The second kappa shape index (κ2) is 5.19. The van der Waals surface area contributed by atoms with Gasteiger partial charge in [-0.05, 0) is 24.1 Å². The summed E-state index contributed by atoms with van der Waals surface area (Å²) in [4.78, 5) is 13.5. The maximum atomic E-state index is 11.4. The van der Waals surface area contributed by atoms with E-state index in [9.17, 15) is 4.79 Å². The van der Waals surface area contributed by atoms with Gasteiger partial charge in [-0.25, -0.2) is 0 Å². The maximum Gasteiger partial charge on any atom is 0.323 e. The Morgan fingerprint density at radius 3 is 2.53 bits per heavy atom. The first kappa shape index (κ1) is 11.9. The molecule has 0 amide bonds. The first-order valence-corrected chi connectivity index (χ1v) is 5.69. The fourth-order valence-electron chi connectivity index (χ4n) is 2.00. The van der Waals surface area contributed by atoms with Crippen LogP contribution in [0.5, 0.6) is 5.75 Å². The standard InChI is InChI=1S/C13H17NO3/c1-16-11-5-3-10(4-6-11)9-14-8-7-12(14)13(15)17-2/h3-6,12H,7-9H2,1-2H3/t12-/m1/s1. The van der Waals surface area contributed by atoms with E-state index < -0.39 is 0 Å². The van der Waals surface area contributed by atoms with E-state index in [1.54, 1.807) is 7.11 Å². The van der Waals surface area contributed by atoms with Gasteiger partial charge in [0.25, 0.3) is 0 Å². The number of methoxy groups -OCH3 is 2. The van der Waals surface area contributed by atoms with Crippen LogP contribution in [0.25, 0.3) is 0 Å². The monoisotopic (exact) mass is 235 g/mol. The van der Waals surface area contributed by atoms with Gasteiger partial charge in [-0.1, -0.05) is 12.1 Å². The minimum atomic E-state index is -0.134. The van der Waals surface area contributed by atoms with Gasteiger partial charge in [0.05, 0.1) is 14.2 Å². The van der Waals surface area contributed by atoms with Crippen LogP contribution in [-0.2, 0) is 16.1 Å². The summed E-state index contributed by atoms with van der Waals surface area (Å²) in [5.74, 6) is 0.714. The number of carbonyl (C=O) groups excluding carboxylic acids is 1. The predicted molar refractivity (Wildman–Crippen MR) is 63.8 cm³/mol. The minimum absolute atomic E-state index is 0.0675. The molecular weight excluding hydrogens is 218 g/mol. The Morgan fingerprint density at radius 1 is 1.35 bits per heavy atom. The minimum Gasteiger partial charge on any atom is -0.497 e. The zero-order chi connectivity index (χ0) is 12.3. The average Bonchev–Trinajstić information content (AvgIpc) is 2.35. The number of rotatable bonds is 4. The van der Waals surface area contributed by atoms with Crippen LogP contribution in [0.2, 0.25) is 0 Å². The van der Waals surface area contributed by atoms with E-state index in [2.05, 4.69) is 4.90 Å². The number of nitrogens with zero attached hydrogens (tertiary/aromatic N) is 1. The molecule has 0 aliphatic carbocycles. The topological polar surface area (TPSA) is 38.8 Å². The highest BCUT2D eigenvalue weighted by Gasteiger charge is 2.34. The number of hydrogen-bond acceptors (Lipinski definition) is 4. The summed E-state index contributed by atoms with van der Waals surface area (Å²) in [6, 6.07) is 7.84. The molecule has 1 aromatic rings. The van der Waals surface area contributed by atoms with Gasteiger partial charge < -0.3 is 9.47 Å². The lowest BCUT2D eigenvalue weighted by atomic mass is 10.0. The van der Waals surface area contributed by atoms with Gasteiger partial charge in [0.15, 0.2) is 0 Å². The summed E-state index contributed by atoms with van der Waals surface area (Å²) in [6.07, 6.45) is 0.892. The molecule has 1 heterocycles. The normalized spacial score (nSPS) is 19.5. The van der Waals surface area contributed by atoms with Gasteiger partial charge in [-0.2, -0.15) is 0 Å². The van der Waals surface area contributed by atoms with Gasteiger partial charge in [0.1, 0.15) is 11.8 Å². The van der Waals surface area contributed by atoms with E-state index in [1.165, 1.54) is 12.7 Å². The second-order valence-electron chi connectivity index (χ2n) is 4.15. The highest BCUT2D eigenvalue weighted by molar-refractivity contribution is 5.76. The quantitative estimate of drug-likeness (QED) is 0.740. The Morgan fingerprint density at radius 2 is 2.06 bits per heavy atom. The Kier molecular flexibility index (Phi) is 3.64. The largest absolute Gasteiger partial charge is 0.497 e. The molecule has 1 fully saturated rings. The summed E-state index contributed by atoms with van der Waals surface area (Å²) in [5.41, 5.74) is 1.18. The fraction of sp³-hybridized carbons (Fsp3) is 0.462. The summed E-state index contributed by atoms with van der Waals surface area (Å²) in [5, 5.41) is 0. The Balaban J connectivity index is 1.94. The van der Waals surface area contributed by atoms with Crippen LogP contribution in [0, 0.1) is 0 Å². The Bertz CT molecular complexity index is 388. The van der Waals surface area contributed by atoms with E-state index in [4.69, 9.17) is 9.47 Å². The zero-order valence-electron chi connectivity index (χ0n) is 10.2. The highest BCUT2D eigenvalue weighted by atomic mass is 16.5. The van der Waals surface area contributed by atoms with E-state index in [1.807, 2.05) is 24.3 Å². The molecule has 17 heavy (non-hydrogen) atoms. The molecule has 4 nitrogen and oxygen atoms in total. The number of hydrogen-bond donors (Lipinski definition) is 0. The van der Waals surface area contributed by atoms with E-state index in [0.29, 0.717) is 0 Å². The molecule has 0 N–H and O–H groups in total. The van der Waals surface area contributed by atoms with Gasteiger partial charge in [0, 0.05) is 13.1 Å². The summed E-state index contributed by atoms with van der Waals surface area (Å²) >= 11 is 0. The van der Waals surface area contributed by atoms with Crippen LogP contribution in [0.4, 0.5) is 0 Å². The number of benzene rings is 1. The lowest BCUT2D eigenvalue weighted by molar-refractivity contribution is -0.152. The van der Waals surface area contributed by atoms with Crippen molar-refractivity contribution in [3.05, 3.63) is 29.8 Å². The van der Waals surface area contributed by atoms with Crippen molar-refractivity contribution in [3.8, 4) is 5.75 Å². The first-order chi connectivity index (χ1) is 8.24. The maximum absolute atomic E-state index is 11.4. The number of ether oxygens (including phenoxy) is 2. The predicted octanol–water partition coefficient (Wildman–Crippen LogP) is 1.44. The molecule has 1 saturated heterocycles. The van der Waals surface area contributed by atoms with E-state index >= 15 is 0 Å². The van der Waals surface area contributed by atoms with Crippen molar-refractivity contribution in [2.24, 2.45) is 0 Å². The molecule has 1 aliphatic heterocycles. The van der Waals surface area contributed by atoms with Crippen molar-refractivity contribution in [2.45, 2.75) is 19.0 Å². The lowest BCUT2D eigenvalue weighted by Crippen LogP contribution is -2.52. The van der Waals surface area contributed by atoms with Gasteiger partial charge in [-0.15, -0.1) is 0 Å². The zero-order valence-corrected chi connectivity index (χ0v) is 10.2. The third-order valence-corrected chi connectivity index (χ3v) is 3.15. The van der Waals surface area contributed by atoms with Crippen LogP contribution in [0.15, 0.2) is 24.3 Å². The third kappa shape index (κ3) is 2.58. The van der Waals surface area contributed by atoms with Gasteiger partial charge >= 0.3 is 5.97 Å². The lowest BCUT2D eigenvalue weighted by Gasteiger charge is -2.38. The summed E-state index contributed by atoms with van der Waals surface area (Å²) in [6.45, 7) is 1.73. The molecule has 0 aromatic heterocycles. The molecular formula is C13H17NO3. The molecule has 4 heteroatoms. The molecule has 0 saturated carbocycles. The molecule has 0 unspecified atom stereocenters. The van der Waals surface area contributed by atoms with Crippen molar-refractivity contribution in [3.63, 3.8) is 0 Å².